The fourth-order valence-corrected chi connectivity index (χ4v) is 2.12. The molecule has 1 heterocycles. The number of ether oxygens (including phenoxy) is 1. The molecule has 0 amide bonds. The van der Waals surface area contributed by atoms with Crippen molar-refractivity contribution in [2.75, 3.05) is 0 Å². The highest BCUT2D eigenvalue weighted by molar-refractivity contribution is 9.10. The Bertz CT molecular complexity index is 677. The maximum atomic E-state index is 5.72. The predicted molar refractivity (Wildman–Crippen MR) is 82.0 cm³/mol. The molecule has 3 aromatic rings. The number of halogens is 1. The number of hydrogen-bond donors (Lipinski definition) is 0. The van der Waals surface area contributed by atoms with Crippen LogP contribution in [0.5, 0.6) is 5.75 Å². The Morgan fingerprint density at radius 3 is 2.50 bits per heavy atom. The van der Waals surface area contributed by atoms with Crippen molar-refractivity contribution in [1.82, 2.24) is 9.78 Å². The summed E-state index contributed by atoms with van der Waals surface area (Å²) in [5.41, 5.74) is 2.08. The molecule has 0 aliphatic heterocycles. The largest absolute Gasteiger partial charge is 0.489 e. The van der Waals surface area contributed by atoms with Gasteiger partial charge in [0.2, 0.25) is 0 Å². The number of aromatic nitrogens is 2. The highest BCUT2D eigenvalue weighted by atomic mass is 79.9. The molecule has 20 heavy (non-hydrogen) atoms. The quantitative estimate of drug-likeness (QED) is 0.717. The molecule has 0 fully saturated rings. The summed E-state index contributed by atoms with van der Waals surface area (Å²) in [7, 11) is 0. The normalized spacial score (nSPS) is 10.4. The monoisotopic (exact) mass is 328 g/mol. The molecule has 0 atom stereocenters. The average Bonchev–Trinajstić information content (AvgIpc) is 2.97. The van der Waals surface area contributed by atoms with Crippen LogP contribution in [-0.4, -0.2) is 9.78 Å². The summed E-state index contributed by atoms with van der Waals surface area (Å²) < 4.78 is 8.61. The van der Waals surface area contributed by atoms with E-state index in [4.69, 9.17) is 4.74 Å². The predicted octanol–water partition coefficient (Wildman–Crippen LogP) is 4.21. The standard InChI is InChI=1S/C16H13BrN2O/c17-14-6-8-16(9-7-14)20-12-13-10-18-19(11-13)15-4-2-1-3-5-15/h1-11H,12H2. The van der Waals surface area contributed by atoms with Gasteiger partial charge >= 0.3 is 0 Å². The van der Waals surface area contributed by atoms with E-state index >= 15 is 0 Å². The van der Waals surface area contributed by atoms with Crippen LogP contribution in [0.15, 0.2) is 71.5 Å². The Labute approximate surface area is 125 Å². The summed E-state index contributed by atoms with van der Waals surface area (Å²) in [6, 6.07) is 17.8. The van der Waals surface area contributed by atoms with Gasteiger partial charge in [-0.2, -0.15) is 5.10 Å². The third kappa shape index (κ3) is 3.08. The zero-order chi connectivity index (χ0) is 13.8. The molecule has 3 rings (SSSR count). The molecule has 2 aromatic carbocycles. The van der Waals surface area contributed by atoms with E-state index in [9.17, 15) is 0 Å². The Kier molecular flexibility index (Phi) is 3.83. The first kappa shape index (κ1) is 12.9. The van der Waals surface area contributed by atoms with E-state index < -0.39 is 0 Å². The molecule has 0 saturated heterocycles. The molecule has 0 radical (unpaired) electrons. The van der Waals surface area contributed by atoms with Crippen LogP contribution in [-0.2, 0) is 6.61 Å². The van der Waals surface area contributed by atoms with E-state index in [1.165, 1.54) is 0 Å². The Morgan fingerprint density at radius 2 is 1.75 bits per heavy atom. The van der Waals surface area contributed by atoms with E-state index in [0.29, 0.717) is 6.61 Å². The van der Waals surface area contributed by atoms with Crippen LogP contribution in [0.2, 0.25) is 0 Å². The lowest BCUT2D eigenvalue weighted by molar-refractivity contribution is 0.306. The molecule has 0 N–H and O–H groups in total. The van der Waals surface area contributed by atoms with Crippen molar-refractivity contribution in [1.29, 1.82) is 0 Å². The van der Waals surface area contributed by atoms with Gasteiger partial charge in [-0.15, -0.1) is 0 Å². The lowest BCUT2D eigenvalue weighted by atomic mass is 10.3. The van der Waals surface area contributed by atoms with Gasteiger partial charge in [0, 0.05) is 16.2 Å². The van der Waals surface area contributed by atoms with Crippen molar-refractivity contribution >= 4 is 15.9 Å². The van der Waals surface area contributed by atoms with E-state index in [1.54, 1.807) is 0 Å². The van der Waals surface area contributed by atoms with Crippen LogP contribution in [0.3, 0.4) is 0 Å². The van der Waals surface area contributed by atoms with Crippen LogP contribution < -0.4 is 4.74 Å². The number of para-hydroxylation sites is 1. The minimum atomic E-state index is 0.508. The zero-order valence-corrected chi connectivity index (χ0v) is 12.3. The van der Waals surface area contributed by atoms with Gasteiger partial charge in [0.1, 0.15) is 12.4 Å². The van der Waals surface area contributed by atoms with Crippen LogP contribution in [0.1, 0.15) is 5.56 Å². The second-order valence-corrected chi connectivity index (χ2v) is 5.29. The second-order valence-electron chi connectivity index (χ2n) is 4.37. The van der Waals surface area contributed by atoms with Crippen molar-refractivity contribution in [2.24, 2.45) is 0 Å². The first-order valence-electron chi connectivity index (χ1n) is 6.28. The van der Waals surface area contributed by atoms with E-state index in [1.807, 2.05) is 71.7 Å². The van der Waals surface area contributed by atoms with Gasteiger partial charge in [0.25, 0.3) is 0 Å². The van der Waals surface area contributed by atoms with Crippen molar-refractivity contribution in [2.45, 2.75) is 6.61 Å². The summed E-state index contributed by atoms with van der Waals surface area (Å²) in [5, 5.41) is 4.34. The fourth-order valence-electron chi connectivity index (χ4n) is 1.85. The highest BCUT2D eigenvalue weighted by Crippen LogP contribution is 2.17. The molecule has 0 saturated carbocycles. The van der Waals surface area contributed by atoms with Crippen molar-refractivity contribution in [3.63, 3.8) is 0 Å². The van der Waals surface area contributed by atoms with Crippen LogP contribution in [0, 0.1) is 0 Å². The smallest absolute Gasteiger partial charge is 0.119 e. The van der Waals surface area contributed by atoms with Gasteiger partial charge in [-0.3, -0.25) is 0 Å². The van der Waals surface area contributed by atoms with Crippen LogP contribution in [0.4, 0.5) is 0 Å². The SMILES string of the molecule is Brc1ccc(OCc2cnn(-c3ccccc3)c2)cc1. The van der Waals surface area contributed by atoms with E-state index in [2.05, 4.69) is 21.0 Å². The first-order chi connectivity index (χ1) is 9.81. The molecule has 0 unspecified atom stereocenters. The average molecular weight is 329 g/mol. The molecule has 100 valence electrons. The van der Waals surface area contributed by atoms with Crippen LogP contribution >= 0.6 is 15.9 Å². The van der Waals surface area contributed by atoms with Crippen molar-refractivity contribution < 1.29 is 4.74 Å². The van der Waals surface area contributed by atoms with Gasteiger partial charge in [0.15, 0.2) is 0 Å². The minimum absolute atomic E-state index is 0.508. The summed E-state index contributed by atoms with van der Waals surface area (Å²) >= 11 is 3.40. The lowest BCUT2D eigenvalue weighted by Crippen LogP contribution is -1.95. The number of nitrogens with zero attached hydrogens (tertiary/aromatic N) is 2. The number of hydrogen-bond acceptors (Lipinski definition) is 2. The zero-order valence-electron chi connectivity index (χ0n) is 10.7. The lowest BCUT2D eigenvalue weighted by Gasteiger charge is -2.04. The van der Waals surface area contributed by atoms with E-state index in [0.717, 1.165) is 21.5 Å². The Hall–Kier alpha value is -2.07. The van der Waals surface area contributed by atoms with Crippen molar-refractivity contribution in [3.05, 3.63) is 77.0 Å². The molecule has 4 heteroatoms. The van der Waals surface area contributed by atoms with Crippen LogP contribution in [0.25, 0.3) is 5.69 Å². The summed E-state index contributed by atoms with van der Waals surface area (Å²) in [6.45, 7) is 0.508. The third-order valence-corrected chi connectivity index (χ3v) is 3.40. The maximum absolute atomic E-state index is 5.72. The summed E-state index contributed by atoms with van der Waals surface area (Å²) in [6.07, 6.45) is 3.81. The highest BCUT2D eigenvalue weighted by Gasteiger charge is 2.01. The van der Waals surface area contributed by atoms with Gasteiger partial charge in [-0.05, 0) is 36.4 Å². The number of benzene rings is 2. The maximum Gasteiger partial charge on any atom is 0.119 e. The molecule has 0 bridgehead atoms. The molecular weight excluding hydrogens is 316 g/mol. The summed E-state index contributed by atoms with van der Waals surface area (Å²) in [5.74, 6) is 0.848. The van der Waals surface area contributed by atoms with Gasteiger partial charge in [-0.1, -0.05) is 34.1 Å². The third-order valence-electron chi connectivity index (χ3n) is 2.88. The summed E-state index contributed by atoms with van der Waals surface area (Å²) in [4.78, 5) is 0. The Balaban J connectivity index is 1.67. The van der Waals surface area contributed by atoms with E-state index in [-0.39, 0.29) is 0 Å². The Morgan fingerprint density at radius 1 is 1.00 bits per heavy atom. The number of rotatable bonds is 4. The van der Waals surface area contributed by atoms with Crippen molar-refractivity contribution in [3.8, 4) is 11.4 Å². The van der Waals surface area contributed by atoms with Gasteiger partial charge in [0.05, 0.1) is 11.9 Å². The molecule has 0 spiro atoms. The second kappa shape index (κ2) is 5.92. The first-order valence-corrected chi connectivity index (χ1v) is 7.08. The molecule has 0 aliphatic rings. The minimum Gasteiger partial charge on any atom is -0.489 e. The molecular formula is C16H13BrN2O. The topological polar surface area (TPSA) is 27.1 Å². The van der Waals surface area contributed by atoms with Gasteiger partial charge < -0.3 is 4.74 Å². The molecule has 1 aromatic heterocycles. The molecule has 3 nitrogen and oxygen atoms in total. The fraction of sp³-hybridized carbons (Fsp3) is 0.0625. The van der Waals surface area contributed by atoms with Gasteiger partial charge in [-0.25, -0.2) is 4.68 Å². The molecule has 0 aliphatic carbocycles.